The maximum absolute atomic E-state index is 13.8. The summed E-state index contributed by atoms with van der Waals surface area (Å²) in [6, 6.07) is 7.10. The number of para-hydroxylation sites is 1. The van der Waals surface area contributed by atoms with E-state index in [1.165, 1.54) is 7.11 Å². The van der Waals surface area contributed by atoms with E-state index < -0.39 is 23.9 Å². The fourth-order valence-corrected chi connectivity index (χ4v) is 4.45. The second kappa shape index (κ2) is 12.2. The van der Waals surface area contributed by atoms with E-state index in [9.17, 15) is 19.2 Å². The van der Waals surface area contributed by atoms with Gasteiger partial charge in [-0.05, 0) is 31.9 Å². The minimum absolute atomic E-state index is 0.0315. The van der Waals surface area contributed by atoms with Crippen molar-refractivity contribution in [2.75, 3.05) is 39.9 Å². The van der Waals surface area contributed by atoms with Gasteiger partial charge < -0.3 is 30.1 Å². The number of rotatable bonds is 10. The molecule has 1 atom stereocenters. The summed E-state index contributed by atoms with van der Waals surface area (Å²) in [7, 11) is 1.43. The predicted molar refractivity (Wildman–Crippen MR) is 131 cm³/mol. The van der Waals surface area contributed by atoms with Crippen molar-refractivity contribution in [3.63, 3.8) is 0 Å². The van der Waals surface area contributed by atoms with E-state index in [4.69, 9.17) is 20.3 Å². The number of aromatic nitrogens is 1. The Morgan fingerprint density at radius 2 is 1.75 bits per heavy atom. The van der Waals surface area contributed by atoms with Gasteiger partial charge in [0.05, 0.1) is 30.8 Å². The first kappa shape index (κ1) is 26.7. The molecule has 1 saturated heterocycles. The van der Waals surface area contributed by atoms with Crippen molar-refractivity contribution < 1.29 is 33.8 Å². The van der Waals surface area contributed by atoms with Crippen LogP contribution in [-0.2, 0) is 14.3 Å². The average Bonchev–Trinajstić information content (AvgIpc) is 2.87. The Morgan fingerprint density at radius 1 is 1.08 bits per heavy atom. The fourth-order valence-electron chi connectivity index (χ4n) is 4.45. The minimum atomic E-state index is -0.920. The highest BCUT2D eigenvalue weighted by atomic mass is 16.6. The van der Waals surface area contributed by atoms with Gasteiger partial charge in [-0.1, -0.05) is 18.6 Å². The summed E-state index contributed by atoms with van der Waals surface area (Å²) in [5, 5.41) is 9.61. The molecule has 194 valence electrons. The zero-order valence-corrected chi connectivity index (χ0v) is 20.6. The topological polar surface area (TPSA) is 152 Å². The molecule has 11 heteroatoms. The Hall–Kier alpha value is -3.89. The second-order valence-electron chi connectivity index (χ2n) is 8.49. The molecule has 3 N–H and O–H groups in total. The van der Waals surface area contributed by atoms with Crippen molar-refractivity contribution in [2.24, 2.45) is 5.73 Å². The van der Waals surface area contributed by atoms with Crippen LogP contribution in [0.3, 0.4) is 0 Å². The monoisotopic (exact) mass is 500 g/mol. The number of nitrogens with two attached hydrogens (primary N) is 1. The highest BCUT2D eigenvalue weighted by molar-refractivity contribution is 6.04. The summed E-state index contributed by atoms with van der Waals surface area (Å²) in [5.41, 5.74) is 6.55. The number of ether oxygens (including phenoxy) is 2. The van der Waals surface area contributed by atoms with Crippen molar-refractivity contribution >= 4 is 34.8 Å². The van der Waals surface area contributed by atoms with Crippen molar-refractivity contribution in [1.82, 2.24) is 14.8 Å². The molecule has 0 aliphatic carbocycles. The van der Waals surface area contributed by atoms with Gasteiger partial charge in [-0.15, -0.1) is 0 Å². The molecule has 1 aliphatic rings. The zero-order valence-electron chi connectivity index (χ0n) is 20.6. The van der Waals surface area contributed by atoms with E-state index in [2.05, 4.69) is 4.98 Å². The molecule has 1 aromatic carbocycles. The second-order valence-corrected chi connectivity index (χ2v) is 8.49. The van der Waals surface area contributed by atoms with E-state index in [0.717, 1.165) is 0 Å². The van der Waals surface area contributed by atoms with E-state index >= 15 is 0 Å². The SMILES string of the molecule is CCOC(=O)N1CCN(C(=O)C(CCCCC(=O)O)c2nc3ccccc3c(OC)c2C(N)=O)CC1. The summed E-state index contributed by atoms with van der Waals surface area (Å²) >= 11 is 0. The quantitative estimate of drug-likeness (QED) is 0.472. The van der Waals surface area contributed by atoms with Crippen LogP contribution in [0.25, 0.3) is 10.9 Å². The third kappa shape index (κ3) is 6.02. The maximum Gasteiger partial charge on any atom is 0.409 e. The summed E-state index contributed by atoms with van der Waals surface area (Å²) in [5.74, 6) is -2.54. The van der Waals surface area contributed by atoms with Crippen LogP contribution in [0, 0.1) is 0 Å². The Labute approximate surface area is 209 Å². The number of hydrogen-bond donors (Lipinski definition) is 2. The molecule has 3 rings (SSSR count). The Kier molecular flexibility index (Phi) is 9.04. The Bertz CT molecular complexity index is 1130. The third-order valence-electron chi connectivity index (χ3n) is 6.20. The number of benzene rings is 1. The molecule has 0 radical (unpaired) electrons. The lowest BCUT2D eigenvalue weighted by molar-refractivity contribution is -0.137. The molecule has 1 unspecified atom stereocenters. The normalized spacial score (nSPS) is 14.4. The molecule has 1 aliphatic heterocycles. The summed E-state index contributed by atoms with van der Waals surface area (Å²) in [6.07, 6.45) is 0.620. The molecule has 2 heterocycles. The van der Waals surface area contributed by atoms with Gasteiger partial charge in [0.25, 0.3) is 5.91 Å². The maximum atomic E-state index is 13.8. The van der Waals surface area contributed by atoms with Gasteiger partial charge in [0.15, 0.2) is 0 Å². The molecule has 3 amide bonds. The molecule has 0 bridgehead atoms. The van der Waals surface area contributed by atoms with Gasteiger partial charge in [-0.3, -0.25) is 19.4 Å². The highest BCUT2D eigenvalue weighted by Gasteiger charge is 2.34. The molecule has 2 aromatic rings. The first-order valence-electron chi connectivity index (χ1n) is 12.0. The van der Waals surface area contributed by atoms with Crippen molar-refractivity contribution in [3.05, 3.63) is 35.5 Å². The van der Waals surface area contributed by atoms with Gasteiger partial charge in [-0.25, -0.2) is 4.79 Å². The number of carboxylic acids is 1. The fraction of sp³-hybridized carbons (Fsp3) is 0.480. The molecule has 0 spiro atoms. The third-order valence-corrected chi connectivity index (χ3v) is 6.20. The molecule has 11 nitrogen and oxygen atoms in total. The van der Waals surface area contributed by atoms with Gasteiger partial charge >= 0.3 is 12.1 Å². The predicted octanol–water partition coefficient (Wildman–Crippen LogP) is 2.37. The van der Waals surface area contributed by atoms with Crippen LogP contribution in [0.4, 0.5) is 4.79 Å². The van der Waals surface area contributed by atoms with Crippen LogP contribution in [0.5, 0.6) is 5.75 Å². The summed E-state index contributed by atoms with van der Waals surface area (Å²) in [6.45, 7) is 3.20. The number of amides is 3. The molecule has 1 aromatic heterocycles. The van der Waals surface area contributed by atoms with Gasteiger partial charge in [0.1, 0.15) is 11.3 Å². The lowest BCUT2D eigenvalue weighted by Crippen LogP contribution is -2.52. The number of carbonyl (C=O) groups is 4. The lowest BCUT2D eigenvalue weighted by Gasteiger charge is -2.36. The molecule has 1 fully saturated rings. The minimum Gasteiger partial charge on any atom is -0.495 e. The molecule has 36 heavy (non-hydrogen) atoms. The standard InChI is InChI=1S/C25H32N4O7/c1-3-36-25(34)29-14-12-28(13-15-29)24(33)17(9-5-7-11-19(30)31)21-20(23(26)32)22(35-2)16-8-4-6-10-18(16)27-21/h4,6,8,10,17H,3,5,7,9,11-15H2,1-2H3,(H2,26,32)(H,30,31). The number of methoxy groups -OCH3 is 1. The number of hydrogen-bond acceptors (Lipinski definition) is 7. The van der Waals surface area contributed by atoms with Crippen LogP contribution in [-0.4, -0.2) is 83.7 Å². The van der Waals surface area contributed by atoms with E-state index in [1.807, 2.05) is 0 Å². The van der Waals surface area contributed by atoms with Crippen LogP contribution in [0.1, 0.15) is 54.6 Å². The van der Waals surface area contributed by atoms with E-state index in [0.29, 0.717) is 49.9 Å². The number of carbonyl (C=O) groups excluding carboxylic acids is 3. The van der Waals surface area contributed by atoms with Crippen LogP contribution in [0.2, 0.25) is 0 Å². The van der Waals surface area contributed by atoms with Gasteiger partial charge in [0, 0.05) is 38.0 Å². The van der Waals surface area contributed by atoms with Gasteiger partial charge in [-0.2, -0.15) is 0 Å². The molecular formula is C25H32N4O7. The largest absolute Gasteiger partial charge is 0.495 e. The number of nitrogens with zero attached hydrogens (tertiary/aromatic N) is 3. The zero-order chi connectivity index (χ0) is 26.2. The molecular weight excluding hydrogens is 468 g/mol. The van der Waals surface area contributed by atoms with Crippen molar-refractivity contribution in [3.8, 4) is 5.75 Å². The number of carboxylic acid groups (broad SMARTS) is 1. The van der Waals surface area contributed by atoms with Crippen LogP contribution >= 0.6 is 0 Å². The number of aliphatic carboxylic acids is 1. The molecule has 0 saturated carbocycles. The first-order chi connectivity index (χ1) is 17.3. The van der Waals surface area contributed by atoms with E-state index in [1.54, 1.807) is 41.0 Å². The number of fused-ring (bicyclic) bond motifs is 1. The lowest BCUT2D eigenvalue weighted by atomic mass is 9.90. The van der Waals surface area contributed by atoms with Crippen molar-refractivity contribution in [1.29, 1.82) is 0 Å². The van der Waals surface area contributed by atoms with Crippen molar-refractivity contribution in [2.45, 2.75) is 38.5 Å². The highest BCUT2D eigenvalue weighted by Crippen LogP contribution is 2.36. The number of pyridine rings is 1. The van der Waals surface area contributed by atoms with Crippen LogP contribution in [0.15, 0.2) is 24.3 Å². The summed E-state index contributed by atoms with van der Waals surface area (Å²) in [4.78, 5) is 57.3. The Morgan fingerprint density at radius 3 is 2.36 bits per heavy atom. The van der Waals surface area contributed by atoms with E-state index in [-0.39, 0.29) is 42.4 Å². The average molecular weight is 501 g/mol. The number of unbranched alkanes of at least 4 members (excludes halogenated alkanes) is 1. The first-order valence-corrected chi connectivity index (χ1v) is 12.0. The van der Waals surface area contributed by atoms with Gasteiger partial charge in [0.2, 0.25) is 5.91 Å². The van der Waals surface area contributed by atoms with Crippen LogP contribution < -0.4 is 10.5 Å². The summed E-state index contributed by atoms with van der Waals surface area (Å²) < 4.78 is 10.6. The smallest absolute Gasteiger partial charge is 0.409 e. The number of primary amides is 1. The number of piperazine rings is 1. The Balaban J connectivity index is 1.97.